The standard InChI is InChI=1S/C21H21FN2S/c22-19-8-6-18(7-9-19)20-15-25-21(23-20)24-12-10-17(11-13-24)14-16-4-2-1-3-5-16/h1-9,15,17H,10-14H2. The number of benzene rings is 2. The molecule has 0 saturated carbocycles. The van der Waals surface area contributed by atoms with E-state index in [1.807, 2.05) is 0 Å². The summed E-state index contributed by atoms with van der Waals surface area (Å²) in [6, 6.07) is 17.3. The van der Waals surface area contributed by atoms with Gasteiger partial charge in [0.25, 0.3) is 0 Å². The summed E-state index contributed by atoms with van der Waals surface area (Å²) in [5.41, 5.74) is 3.35. The van der Waals surface area contributed by atoms with E-state index in [0.717, 1.165) is 35.4 Å². The second kappa shape index (κ2) is 7.36. The first-order valence-electron chi connectivity index (χ1n) is 8.78. The van der Waals surface area contributed by atoms with E-state index in [1.54, 1.807) is 23.5 Å². The molecule has 3 aromatic rings. The molecule has 1 aliphatic heterocycles. The molecule has 4 heteroatoms. The SMILES string of the molecule is Fc1ccc(-c2csc(N3CCC(Cc4ccccc4)CC3)n2)cc1. The highest BCUT2D eigenvalue weighted by Gasteiger charge is 2.21. The van der Waals surface area contributed by atoms with Crippen LogP contribution in [0.15, 0.2) is 60.0 Å². The molecule has 0 spiro atoms. The second-order valence-corrected chi connectivity index (χ2v) is 7.48. The molecule has 128 valence electrons. The summed E-state index contributed by atoms with van der Waals surface area (Å²) in [6.07, 6.45) is 3.59. The molecule has 1 saturated heterocycles. The Bertz CT molecular complexity index is 805. The average Bonchev–Trinajstić information content (AvgIpc) is 3.14. The van der Waals surface area contributed by atoms with Gasteiger partial charge in [0.05, 0.1) is 5.69 Å². The minimum atomic E-state index is -0.209. The van der Waals surface area contributed by atoms with Gasteiger partial charge in [0.15, 0.2) is 5.13 Å². The molecular formula is C21H21FN2S. The summed E-state index contributed by atoms with van der Waals surface area (Å²) in [7, 11) is 0. The monoisotopic (exact) mass is 352 g/mol. The van der Waals surface area contributed by atoms with Crippen molar-refractivity contribution in [2.45, 2.75) is 19.3 Å². The Kier molecular flexibility index (Phi) is 4.79. The number of rotatable bonds is 4. The topological polar surface area (TPSA) is 16.1 Å². The Hall–Kier alpha value is -2.20. The smallest absolute Gasteiger partial charge is 0.185 e. The summed E-state index contributed by atoms with van der Waals surface area (Å²) in [5, 5.41) is 3.15. The van der Waals surface area contributed by atoms with E-state index in [-0.39, 0.29) is 5.82 Å². The van der Waals surface area contributed by atoms with E-state index in [0.29, 0.717) is 0 Å². The van der Waals surface area contributed by atoms with Crippen LogP contribution in [-0.4, -0.2) is 18.1 Å². The summed E-state index contributed by atoms with van der Waals surface area (Å²) >= 11 is 1.68. The molecular weight excluding hydrogens is 331 g/mol. The number of thiazole rings is 1. The first-order chi connectivity index (χ1) is 12.3. The quantitative estimate of drug-likeness (QED) is 0.624. The van der Waals surface area contributed by atoms with E-state index in [4.69, 9.17) is 4.98 Å². The van der Waals surface area contributed by atoms with Crippen LogP contribution in [-0.2, 0) is 6.42 Å². The third-order valence-electron chi connectivity index (χ3n) is 4.88. The highest BCUT2D eigenvalue weighted by molar-refractivity contribution is 7.14. The largest absolute Gasteiger partial charge is 0.348 e. The third kappa shape index (κ3) is 3.90. The molecule has 4 rings (SSSR count). The Morgan fingerprint density at radius 1 is 1.00 bits per heavy atom. The predicted octanol–water partition coefficient (Wildman–Crippen LogP) is 5.41. The van der Waals surface area contributed by atoms with Gasteiger partial charge in [-0.1, -0.05) is 30.3 Å². The molecule has 2 heterocycles. The maximum atomic E-state index is 13.1. The van der Waals surface area contributed by atoms with Crippen molar-refractivity contribution in [2.24, 2.45) is 5.92 Å². The molecule has 0 unspecified atom stereocenters. The molecule has 2 nitrogen and oxygen atoms in total. The van der Waals surface area contributed by atoms with Crippen LogP contribution in [0.25, 0.3) is 11.3 Å². The van der Waals surface area contributed by atoms with Crippen molar-refractivity contribution in [3.8, 4) is 11.3 Å². The minimum absolute atomic E-state index is 0.209. The predicted molar refractivity (Wildman–Crippen MR) is 103 cm³/mol. The van der Waals surface area contributed by atoms with Crippen molar-refractivity contribution in [2.75, 3.05) is 18.0 Å². The summed E-state index contributed by atoms with van der Waals surface area (Å²) in [4.78, 5) is 7.15. The van der Waals surface area contributed by atoms with Crippen molar-refractivity contribution in [1.29, 1.82) is 0 Å². The van der Waals surface area contributed by atoms with Gasteiger partial charge in [-0.3, -0.25) is 0 Å². The minimum Gasteiger partial charge on any atom is -0.348 e. The number of halogens is 1. The summed E-state index contributed by atoms with van der Waals surface area (Å²) in [5.74, 6) is 0.551. The Morgan fingerprint density at radius 2 is 1.72 bits per heavy atom. The first-order valence-corrected chi connectivity index (χ1v) is 9.66. The Balaban J connectivity index is 1.37. The van der Waals surface area contributed by atoms with E-state index in [1.165, 1.54) is 37.0 Å². The summed E-state index contributed by atoms with van der Waals surface area (Å²) < 4.78 is 13.1. The highest BCUT2D eigenvalue weighted by Crippen LogP contribution is 2.31. The molecule has 1 aliphatic rings. The maximum Gasteiger partial charge on any atom is 0.185 e. The average molecular weight is 352 g/mol. The number of piperidine rings is 1. The fraction of sp³-hybridized carbons (Fsp3) is 0.286. The van der Waals surface area contributed by atoms with E-state index in [9.17, 15) is 4.39 Å². The number of anilines is 1. The van der Waals surface area contributed by atoms with Crippen LogP contribution in [0, 0.1) is 11.7 Å². The molecule has 0 radical (unpaired) electrons. The van der Waals surface area contributed by atoms with Crippen molar-refractivity contribution >= 4 is 16.5 Å². The zero-order chi connectivity index (χ0) is 17.1. The normalized spacial score (nSPS) is 15.5. The fourth-order valence-electron chi connectivity index (χ4n) is 3.44. The molecule has 0 amide bonds. The molecule has 1 fully saturated rings. The Morgan fingerprint density at radius 3 is 2.44 bits per heavy atom. The lowest BCUT2D eigenvalue weighted by atomic mass is 9.90. The van der Waals surface area contributed by atoms with Gasteiger partial charge in [-0.25, -0.2) is 9.37 Å². The first kappa shape index (κ1) is 16.3. The number of nitrogens with zero attached hydrogens (tertiary/aromatic N) is 2. The molecule has 0 bridgehead atoms. The molecule has 25 heavy (non-hydrogen) atoms. The maximum absolute atomic E-state index is 13.1. The van der Waals surface area contributed by atoms with Crippen molar-refractivity contribution in [3.05, 3.63) is 71.4 Å². The summed E-state index contributed by atoms with van der Waals surface area (Å²) in [6.45, 7) is 2.13. The number of aromatic nitrogens is 1. The van der Waals surface area contributed by atoms with Crippen molar-refractivity contribution < 1.29 is 4.39 Å². The van der Waals surface area contributed by atoms with Crippen LogP contribution in [0.4, 0.5) is 9.52 Å². The van der Waals surface area contributed by atoms with Crippen molar-refractivity contribution in [3.63, 3.8) is 0 Å². The molecule has 2 aromatic carbocycles. The third-order valence-corrected chi connectivity index (χ3v) is 5.79. The van der Waals surface area contributed by atoms with Crippen LogP contribution in [0.3, 0.4) is 0 Å². The van der Waals surface area contributed by atoms with E-state index < -0.39 is 0 Å². The van der Waals surface area contributed by atoms with Crippen molar-refractivity contribution in [1.82, 2.24) is 4.98 Å². The molecule has 1 aromatic heterocycles. The molecule has 0 atom stereocenters. The van der Waals surface area contributed by atoms with Gasteiger partial charge in [-0.05, 0) is 55.0 Å². The van der Waals surface area contributed by atoms with Crippen LogP contribution >= 0.6 is 11.3 Å². The van der Waals surface area contributed by atoms with Gasteiger partial charge in [0.2, 0.25) is 0 Å². The molecule has 0 aliphatic carbocycles. The van der Waals surface area contributed by atoms with Gasteiger partial charge in [0.1, 0.15) is 5.82 Å². The fourth-order valence-corrected chi connectivity index (χ4v) is 4.33. The molecule has 0 N–H and O–H groups in total. The van der Waals surface area contributed by atoms with Crippen LogP contribution in [0.5, 0.6) is 0 Å². The van der Waals surface area contributed by atoms with Crippen LogP contribution in [0.1, 0.15) is 18.4 Å². The zero-order valence-corrected chi connectivity index (χ0v) is 14.9. The van der Waals surface area contributed by atoms with Crippen LogP contribution < -0.4 is 4.90 Å². The van der Waals surface area contributed by atoms with E-state index in [2.05, 4.69) is 40.6 Å². The highest BCUT2D eigenvalue weighted by atomic mass is 32.1. The second-order valence-electron chi connectivity index (χ2n) is 6.64. The van der Waals surface area contributed by atoms with Gasteiger partial charge in [-0.15, -0.1) is 11.3 Å². The number of hydrogen-bond donors (Lipinski definition) is 0. The van der Waals surface area contributed by atoms with Gasteiger partial charge < -0.3 is 4.90 Å². The lowest BCUT2D eigenvalue weighted by Crippen LogP contribution is -2.34. The van der Waals surface area contributed by atoms with Gasteiger partial charge in [0, 0.05) is 24.0 Å². The lowest BCUT2D eigenvalue weighted by molar-refractivity contribution is 0.403. The van der Waals surface area contributed by atoms with E-state index >= 15 is 0 Å². The van der Waals surface area contributed by atoms with Gasteiger partial charge in [-0.2, -0.15) is 0 Å². The lowest BCUT2D eigenvalue weighted by Gasteiger charge is -2.31. The number of hydrogen-bond acceptors (Lipinski definition) is 3. The zero-order valence-electron chi connectivity index (χ0n) is 14.1. The van der Waals surface area contributed by atoms with Gasteiger partial charge >= 0.3 is 0 Å². The van der Waals surface area contributed by atoms with Crippen LogP contribution in [0.2, 0.25) is 0 Å². The Labute approximate surface area is 152 Å².